The highest BCUT2D eigenvalue weighted by atomic mass is 79.9. The molecule has 0 aliphatic heterocycles. The Bertz CT molecular complexity index is 595. The predicted octanol–water partition coefficient (Wildman–Crippen LogP) is 4.94. The molecule has 0 spiro atoms. The van der Waals surface area contributed by atoms with E-state index in [9.17, 15) is 4.39 Å². The molecule has 0 saturated carbocycles. The number of aryl methyl sites for hydroxylation is 2. The molecule has 19 heavy (non-hydrogen) atoms. The highest BCUT2D eigenvalue weighted by Crippen LogP contribution is 2.34. The SMILES string of the molecule is COc1ccc(C(Br)c2ccc(F)cc2C)cc1C. The smallest absolute Gasteiger partial charge is 0.123 e. The zero-order valence-corrected chi connectivity index (χ0v) is 12.8. The van der Waals surface area contributed by atoms with Crippen LogP contribution < -0.4 is 4.74 Å². The van der Waals surface area contributed by atoms with E-state index in [4.69, 9.17) is 4.74 Å². The molecule has 0 aliphatic carbocycles. The van der Waals surface area contributed by atoms with Crippen LogP contribution in [-0.2, 0) is 0 Å². The molecule has 1 nitrogen and oxygen atoms in total. The van der Waals surface area contributed by atoms with Crippen molar-refractivity contribution in [2.75, 3.05) is 7.11 Å². The maximum absolute atomic E-state index is 13.1. The molecule has 2 rings (SSSR count). The van der Waals surface area contributed by atoms with Crippen molar-refractivity contribution in [1.29, 1.82) is 0 Å². The van der Waals surface area contributed by atoms with E-state index in [1.807, 2.05) is 32.0 Å². The summed E-state index contributed by atoms with van der Waals surface area (Å²) >= 11 is 3.69. The molecule has 0 radical (unpaired) electrons. The third-order valence-electron chi connectivity index (χ3n) is 3.22. The Balaban J connectivity index is 2.38. The largest absolute Gasteiger partial charge is 0.496 e. The van der Waals surface area contributed by atoms with Crippen LogP contribution in [0, 0.1) is 19.7 Å². The van der Waals surface area contributed by atoms with E-state index in [0.717, 1.165) is 28.0 Å². The van der Waals surface area contributed by atoms with Gasteiger partial charge in [0, 0.05) is 0 Å². The van der Waals surface area contributed by atoms with Crippen LogP contribution in [0.1, 0.15) is 27.1 Å². The number of methoxy groups -OCH3 is 1. The first-order valence-electron chi connectivity index (χ1n) is 6.07. The highest BCUT2D eigenvalue weighted by molar-refractivity contribution is 9.09. The molecular formula is C16H16BrFO. The molecule has 1 atom stereocenters. The lowest BCUT2D eigenvalue weighted by Crippen LogP contribution is -1.98. The van der Waals surface area contributed by atoms with Crippen LogP contribution in [0.5, 0.6) is 5.75 Å². The van der Waals surface area contributed by atoms with Gasteiger partial charge in [-0.15, -0.1) is 0 Å². The fourth-order valence-corrected chi connectivity index (χ4v) is 2.96. The number of hydrogen-bond donors (Lipinski definition) is 0. The van der Waals surface area contributed by atoms with Crippen LogP contribution in [0.15, 0.2) is 36.4 Å². The minimum absolute atomic E-state index is 0.0534. The van der Waals surface area contributed by atoms with Gasteiger partial charge in [-0.05, 0) is 54.3 Å². The van der Waals surface area contributed by atoms with Gasteiger partial charge in [0.1, 0.15) is 11.6 Å². The van der Waals surface area contributed by atoms with Crippen LogP contribution >= 0.6 is 15.9 Å². The van der Waals surface area contributed by atoms with E-state index in [-0.39, 0.29) is 10.6 Å². The molecule has 2 aromatic rings. The van der Waals surface area contributed by atoms with Crippen LogP contribution in [0.4, 0.5) is 4.39 Å². The van der Waals surface area contributed by atoms with Gasteiger partial charge in [-0.25, -0.2) is 4.39 Å². The Morgan fingerprint density at radius 3 is 2.37 bits per heavy atom. The van der Waals surface area contributed by atoms with Crippen molar-refractivity contribution in [1.82, 2.24) is 0 Å². The van der Waals surface area contributed by atoms with E-state index >= 15 is 0 Å². The predicted molar refractivity (Wildman–Crippen MR) is 79.6 cm³/mol. The Morgan fingerprint density at radius 1 is 1.05 bits per heavy atom. The van der Waals surface area contributed by atoms with Gasteiger partial charge < -0.3 is 4.74 Å². The Labute approximate surface area is 121 Å². The molecule has 0 bridgehead atoms. The van der Waals surface area contributed by atoms with E-state index in [1.165, 1.54) is 6.07 Å². The van der Waals surface area contributed by atoms with Gasteiger partial charge in [-0.2, -0.15) is 0 Å². The van der Waals surface area contributed by atoms with E-state index in [0.29, 0.717) is 0 Å². The van der Waals surface area contributed by atoms with Crippen molar-refractivity contribution in [3.8, 4) is 5.75 Å². The summed E-state index contributed by atoms with van der Waals surface area (Å²) in [4.78, 5) is 0.0534. The molecule has 0 amide bonds. The lowest BCUT2D eigenvalue weighted by atomic mass is 9.99. The highest BCUT2D eigenvalue weighted by Gasteiger charge is 2.14. The second-order valence-electron chi connectivity index (χ2n) is 4.59. The molecule has 0 aliphatic rings. The van der Waals surface area contributed by atoms with Gasteiger partial charge >= 0.3 is 0 Å². The summed E-state index contributed by atoms with van der Waals surface area (Å²) in [6.07, 6.45) is 0. The van der Waals surface area contributed by atoms with Crippen molar-refractivity contribution in [2.24, 2.45) is 0 Å². The van der Waals surface area contributed by atoms with Crippen molar-refractivity contribution in [2.45, 2.75) is 18.7 Å². The molecule has 100 valence electrons. The lowest BCUT2D eigenvalue weighted by Gasteiger charge is -2.15. The molecule has 0 fully saturated rings. The standard InChI is InChI=1S/C16H16BrFO/c1-10-9-13(18)5-6-14(10)16(17)12-4-7-15(19-3)11(2)8-12/h4-9,16H,1-3H3. The summed E-state index contributed by atoms with van der Waals surface area (Å²) in [6.45, 7) is 3.93. The number of hydrogen-bond acceptors (Lipinski definition) is 1. The van der Waals surface area contributed by atoms with Gasteiger partial charge in [0.2, 0.25) is 0 Å². The normalized spacial score (nSPS) is 12.3. The van der Waals surface area contributed by atoms with Crippen molar-refractivity contribution in [3.05, 3.63) is 64.5 Å². The van der Waals surface area contributed by atoms with Crippen LogP contribution in [-0.4, -0.2) is 7.11 Å². The monoisotopic (exact) mass is 322 g/mol. The molecular weight excluding hydrogens is 307 g/mol. The third kappa shape index (κ3) is 2.98. The third-order valence-corrected chi connectivity index (χ3v) is 4.24. The number of ether oxygens (including phenoxy) is 1. The van der Waals surface area contributed by atoms with Gasteiger partial charge in [0.15, 0.2) is 0 Å². The van der Waals surface area contributed by atoms with Crippen LogP contribution in [0.25, 0.3) is 0 Å². The maximum Gasteiger partial charge on any atom is 0.123 e. The number of alkyl halides is 1. The first kappa shape index (κ1) is 14.1. The minimum Gasteiger partial charge on any atom is -0.496 e. The number of benzene rings is 2. The zero-order chi connectivity index (χ0) is 14.0. The number of halogens is 2. The molecule has 0 saturated heterocycles. The molecule has 1 unspecified atom stereocenters. The summed E-state index contributed by atoms with van der Waals surface area (Å²) in [5.74, 6) is 0.672. The van der Waals surface area contributed by atoms with Gasteiger partial charge in [-0.3, -0.25) is 0 Å². The average molecular weight is 323 g/mol. The maximum atomic E-state index is 13.1. The van der Waals surface area contributed by atoms with Crippen LogP contribution in [0.3, 0.4) is 0 Å². The lowest BCUT2D eigenvalue weighted by molar-refractivity contribution is 0.411. The summed E-state index contributed by atoms with van der Waals surface area (Å²) in [7, 11) is 1.66. The fourth-order valence-electron chi connectivity index (χ4n) is 2.16. The summed E-state index contributed by atoms with van der Waals surface area (Å²) in [6, 6.07) is 10.9. The van der Waals surface area contributed by atoms with Crippen molar-refractivity contribution in [3.63, 3.8) is 0 Å². The topological polar surface area (TPSA) is 9.23 Å². The van der Waals surface area contributed by atoms with E-state index in [2.05, 4.69) is 22.0 Å². The molecule has 0 N–H and O–H groups in total. The summed E-state index contributed by atoms with van der Waals surface area (Å²) in [5.41, 5.74) is 4.23. The zero-order valence-electron chi connectivity index (χ0n) is 11.2. The van der Waals surface area contributed by atoms with Crippen LogP contribution in [0.2, 0.25) is 0 Å². The Hall–Kier alpha value is -1.35. The van der Waals surface area contributed by atoms with E-state index in [1.54, 1.807) is 13.2 Å². The van der Waals surface area contributed by atoms with Gasteiger partial charge in [0.05, 0.1) is 11.9 Å². The van der Waals surface area contributed by atoms with Gasteiger partial charge in [0.25, 0.3) is 0 Å². The molecule has 0 heterocycles. The minimum atomic E-state index is -0.202. The summed E-state index contributed by atoms with van der Waals surface area (Å²) < 4.78 is 18.4. The van der Waals surface area contributed by atoms with Crippen molar-refractivity contribution >= 4 is 15.9 Å². The quantitative estimate of drug-likeness (QED) is 0.727. The fraction of sp³-hybridized carbons (Fsp3) is 0.250. The summed E-state index contributed by atoms with van der Waals surface area (Å²) in [5, 5.41) is 0. The van der Waals surface area contributed by atoms with Crippen molar-refractivity contribution < 1.29 is 9.13 Å². The number of rotatable bonds is 3. The first-order chi connectivity index (χ1) is 9.02. The molecule has 3 heteroatoms. The first-order valence-corrected chi connectivity index (χ1v) is 6.99. The second-order valence-corrected chi connectivity index (χ2v) is 5.51. The Morgan fingerprint density at radius 2 is 1.79 bits per heavy atom. The second kappa shape index (κ2) is 5.74. The average Bonchev–Trinajstić information content (AvgIpc) is 2.38. The molecule has 2 aromatic carbocycles. The van der Waals surface area contributed by atoms with E-state index < -0.39 is 0 Å². The Kier molecular flexibility index (Phi) is 4.25. The van der Waals surface area contributed by atoms with Gasteiger partial charge in [-0.1, -0.05) is 34.1 Å². The molecule has 0 aromatic heterocycles.